The van der Waals surface area contributed by atoms with Gasteiger partial charge < -0.3 is 14.4 Å². The Labute approximate surface area is 142 Å². The highest BCUT2D eigenvalue weighted by Crippen LogP contribution is 2.33. The van der Waals surface area contributed by atoms with Crippen LogP contribution in [0.2, 0.25) is 0 Å². The molecule has 3 rings (SSSR count). The van der Waals surface area contributed by atoms with Crippen LogP contribution in [0.4, 0.5) is 11.4 Å². The van der Waals surface area contributed by atoms with E-state index in [0.717, 1.165) is 0 Å². The first-order valence-electron chi connectivity index (χ1n) is 7.81. The van der Waals surface area contributed by atoms with E-state index in [9.17, 15) is 14.9 Å². The quantitative estimate of drug-likeness (QED) is 0.489. The molecule has 0 bridgehead atoms. The van der Waals surface area contributed by atoms with Gasteiger partial charge in [0.05, 0.1) is 24.7 Å². The Bertz CT molecular complexity index is 784. The smallest absolute Gasteiger partial charge is 0.361 e. The molecule has 0 atom stereocenters. The lowest BCUT2D eigenvalue weighted by Crippen LogP contribution is -2.36. The molecule has 0 unspecified atom stereocenters. The van der Waals surface area contributed by atoms with Crippen molar-refractivity contribution in [2.75, 3.05) is 37.8 Å². The van der Waals surface area contributed by atoms with E-state index in [1.165, 1.54) is 6.07 Å². The molecule has 25 heavy (non-hydrogen) atoms. The number of nitro groups is 1. The maximum absolute atomic E-state index is 11.9. The Morgan fingerprint density at radius 3 is 2.84 bits per heavy atom. The monoisotopic (exact) mass is 347 g/mol. The second-order valence-electron chi connectivity index (χ2n) is 5.30. The van der Waals surface area contributed by atoms with Crippen LogP contribution in [0, 0.1) is 10.1 Å². The Balaban J connectivity index is 1.99. The number of nitrogens with zero attached hydrogens (tertiary/aromatic N) is 4. The minimum absolute atomic E-state index is 0.00438. The minimum atomic E-state index is -0.633. The largest absolute Gasteiger partial charge is 0.461 e. The Kier molecular flexibility index (Phi) is 4.89. The molecule has 1 aromatic heterocycles. The Morgan fingerprint density at radius 2 is 2.16 bits per heavy atom. The minimum Gasteiger partial charge on any atom is -0.461 e. The molecule has 0 saturated carbocycles. The van der Waals surface area contributed by atoms with Gasteiger partial charge in [-0.3, -0.25) is 10.1 Å². The standard InChI is InChI=1S/C15H17N5O5/c1-2-25-15(21)14-13(16-18-17-14)10-3-4-11(12(9-10)20(22)23)19-5-7-24-8-6-19/h3-4,9H,2,5-8H2,1H3,(H,16,17,18). The van der Waals surface area contributed by atoms with Gasteiger partial charge in [0.25, 0.3) is 5.69 Å². The van der Waals surface area contributed by atoms with Crippen LogP contribution in [0.1, 0.15) is 17.4 Å². The summed E-state index contributed by atoms with van der Waals surface area (Å²) in [7, 11) is 0. The van der Waals surface area contributed by atoms with E-state index in [1.54, 1.807) is 19.1 Å². The molecule has 1 fully saturated rings. The fraction of sp³-hybridized carbons (Fsp3) is 0.400. The molecule has 1 aliphatic heterocycles. The summed E-state index contributed by atoms with van der Waals surface area (Å²) in [5.41, 5.74) is 1.08. The number of ether oxygens (including phenoxy) is 2. The lowest BCUT2D eigenvalue weighted by molar-refractivity contribution is -0.384. The number of esters is 1. The van der Waals surface area contributed by atoms with Crippen LogP contribution in [-0.4, -0.2) is 59.2 Å². The van der Waals surface area contributed by atoms with Crippen LogP contribution in [0.3, 0.4) is 0 Å². The van der Waals surface area contributed by atoms with Crippen molar-refractivity contribution in [1.82, 2.24) is 15.4 Å². The normalized spacial score (nSPS) is 14.4. The number of anilines is 1. The van der Waals surface area contributed by atoms with Crippen molar-refractivity contribution in [1.29, 1.82) is 0 Å². The van der Waals surface area contributed by atoms with Gasteiger partial charge in [-0.25, -0.2) is 4.79 Å². The molecule has 0 amide bonds. The van der Waals surface area contributed by atoms with Crippen LogP contribution < -0.4 is 4.90 Å². The highest BCUT2D eigenvalue weighted by Gasteiger charge is 2.25. The summed E-state index contributed by atoms with van der Waals surface area (Å²) < 4.78 is 10.2. The molecule has 10 nitrogen and oxygen atoms in total. The van der Waals surface area contributed by atoms with Crippen molar-refractivity contribution in [3.63, 3.8) is 0 Å². The van der Waals surface area contributed by atoms with Crippen LogP contribution >= 0.6 is 0 Å². The van der Waals surface area contributed by atoms with Gasteiger partial charge in [0.15, 0.2) is 5.69 Å². The lowest BCUT2D eigenvalue weighted by atomic mass is 10.1. The fourth-order valence-electron chi connectivity index (χ4n) is 2.66. The summed E-state index contributed by atoms with van der Waals surface area (Å²) in [6.45, 7) is 4.09. The molecule has 1 aliphatic rings. The van der Waals surface area contributed by atoms with E-state index < -0.39 is 10.9 Å². The number of hydrogen-bond donors (Lipinski definition) is 1. The highest BCUT2D eigenvalue weighted by atomic mass is 16.6. The Morgan fingerprint density at radius 1 is 1.40 bits per heavy atom. The van der Waals surface area contributed by atoms with Gasteiger partial charge in [0.1, 0.15) is 11.4 Å². The molecule has 0 spiro atoms. The maximum Gasteiger partial charge on any atom is 0.361 e. The molecule has 0 aliphatic carbocycles. The third kappa shape index (κ3) is 3.43. The lowest BCUT2D eigenvalue weighted by Gasteiger charge is -2.28. The van der Waals surface area contributed by atoms with E-state index in [0.29, 0.717) is 37.6 Å². The predicted octanol–water partition coefficient (Wildman–Crippen LogP) is 1.39. The zero-order valence-electron chi connectivity index (χ0n) is 13.6. The summed E-state index contributed by atoms with van der Waals surface area (Å²) in [6, 6.07) is 4.73. The van der Waals surface area contributed by atoms with Gasteiger partial charge in [-0.1, -0.05) is 6.07 Å². The number of rotatable bonds is 5. The van der Waals surface area contributed by atoms with Gasteiger partial charge in [-0.15, -0.1) is 5.10 Å². The van der Waals surface area contributed by atoms with Crippen molar-refractivity contribution in [3.8, 4) is 11.3 Å². The molecular formula is C15H17N5O5. The van der Waals surface area contributed by atoms with Gasteiger partial charge in [-0.2, -0.15) is 10.3 Å². The van der Waals surface area contributed by atoms with Crippen LogP contribution in [-0.2, 0) is 9.47 Å². The molecule has 2 heterocycles. The fourth-order valence-corrected chi connectivity index (χ4v) is 2.66. The molecular weight excluding hydrogens is 330 g/mol. The van der Waals surface area contributed by atoms with Crippen molar-refractivity contribution in [3.05, 3.63) is 34.0 Å². The van der Waals surface area contributed by atoms with E-state index in [4.69, 9.17) is 9.47 Å². The second kappa shape index (κ2) is 7.26. The number of hydrogen-bond acceptors (Lipinski definition) is 8. The zero-order valence-corrected chi connectivity index (χ0v) is 13.6. The third-order valence-electron chi connectivity index (χ3n) is 3.81. The summed E-state index contributed by atoms with van der Waals surface area (Å²) in [4.78, 5) is 24.9. The van der Waals surface area contributed by atoms with Gasteiger partial charge in [0, 0.05) is 24.7 Å². The van der Waals surface area contributed by atoms with Crippen LogP contribution in [0.15, 0.2) is 18.2 Å². The van der Waals surface area contributed by atoms with Crippen molar-refractivity contribution < 1.29 is 19.2 Å². The first-order valence-corrected chi connectivity index (χ1v) is 7.81. The number of aromatic nitrogens is 3. The first-order chi connectivity index (χ1) is 12.1. The van der Waals surface area contributed by atoms with Crippen molar-refractivity contribution in [2.45, 2.75) is 6.92 Å². The number of H-pyrrole nitrogens is 1. The van der Waals surface area contributed by atoms with E-state index in [2.05, 4.69) is 15.4 Å². The van der Waals surface area contributed by atoms with Gasteiger partial charge >= 0.3 is 5.97 Å². The zero-order chi connectivity index (χ0) is 17.8. The summed E-state index contributed by atoms with van der Waals surface area (Å²) in [5.74, 6) is -0.633. The highest BCUT2D eigenvalue weighted by molar-refractivity contribution is 5.94. The number of benzene rings is 1. The Hall–Kier alpha value is -3.01. The number of aromatic amines is 1. The molecule has 1 aromatic carbocycles. The molecule has 132 valence electrons. The maximum atomic E-state index is 11.9. The topological polar surface area (TPSA) is 123 Å². The molecule has 2 aromatic rings. The van der Waals surface area contributed by atoms with Gasteiger partial charge in [-0.05, 0) is 13.0 Å². The predicted molar refractivity (Wildman–Crippen MR) is 87.5 cm³/mol. The van der Waals surface area contributed by atoms with E-state index in [-0.39, 0.29) is 23.7 Å². The number of carbonyl (C=O) groups is 1. The number of nitrogens with one attached hydrogen (secondary N) is 1. The first kappa shape index (κ1) is 16.8. The number of nitro benzene ring substituents is 1. The average Bonchev–Trinajstić information content (AvgIpc) is 3.12. The SMILES string of the molecule is CCOC(=O)c1n[nH]nc1-c1ccc(N2CCOCC2)c([N+](=O)[O-])c1. The average molecular weight is 347 g/mol. The van der Waals surface area contributed by atoms with Crippen molar-refractivity contribution in [2.24, 2.45) is 0 Å². The second-order valence-corrected chi connectivity index (χ2v) is 5.30. The van der Waals surface area contributed by atoms with Crippen LogP contribution in [0.25, 0.3) is 11.3 Å². The molecule has 1 saturated heterocycles. The molecule has 10 heteroatoms. The summed E-state index contributed by atoms with van der Waals surface area (Å²) >= 11 is 0. The van der Waals surface area contributed by atoms with E-state index >= 15 is 0 Å². The third-order valence-corrected chi connectivity index (χ3v) is 3.81. The molecule has 0 radical (unpaired) electrons. The summed E-state index contributed by atoms with van der Waals surface area (Å²) in [6.07, 6.45) is 0. The van der Waals surface area contributed by atoms with Gasteiger partial charge in [0.2, 0.25) is 0 Å². The molecule has 1 N–H and O–H groups in total. The van der Waals surface area contributed by atoms with Crippen molar-refractivity contribution >= 4 is 17.3 Å². The summed E-state index contributed by atoms with van der Waals surface area (Å²) in [5, 5.41) is 21.6. The van der Waals surface area contributed by atoms with Crippen LogP contribution in [0.5, 0.6) is 0 Å². The van der Waals surface area contributed by atoms with E-state index in [1.807, 2.05) is 4.90 Å². The number of carbonyl (C=O) groups excluding carboxylic acids is 1. The number of morpholine rings is 1.